The van der Waals surface area contributed by atoms with Gasteiger partial charge in [0.1, 0.15) is 24.4 Å². The monoisotopic (exact) mass is 244 g/mol. The predicted octanol–water partition coefficient (Wildman–Crippen LogP) is -2.78. The van der Waals surface area contributed by atoms with Gasteiger partial charge in [0.05, 0.1) is 12.2 Å². The summed E-state index contributed by atoms with van der Waals surface area (Å²) in [6.45, 7) is -0.476. The maximum absolute atomic E-state index is 11.5. The van der Waals surface area contributed by atoms with Crippen molar-refractivity contribution in [1.29, 1.82) is 0 Å². The Morgan fingerprint density at radius 1 is 1.29 bits per heavy atom. The second kappa shape index (κ2) is 4.41. The molecule has 0 amide bonds. The van der Waals surface area contributed by atoms with E-state index in [-0.39, 0.29) is 5.56 Å². The fourth-order valence-electron chi connectivity index (χ4n) is 1.79. The van der Waals surface area contributed by atoms with Crippen molar-refractivity contribution in [3.05, 3.63) is 32.6 Å². The normalized spacial score (nSPS) is 32.9. The summed E-state index contributed by atoms with van der Waals surface area (Å²) in [4.78, 5) is 26.5. The summed E-state index contributed by atoms with van der Waals surface area (Å²) in [5, 5.41) is 28.1. The molecule has 1 aliphatic heterocycles. The third-order valence-electron chi connectivity index (χ3n) is 2.70. The van der Waals surface area contributed by atoms with Crippen LogP contribution in [0.2, 0.25) is 0 Å². The van der Waals surface area contributed by atoms with Crippen LogP contribution < -0.4 is 11.2 Å². The first kappa shape index (κ1) is 12.0. The summed E-state index contributed by atoms with van der Waals surface area (Å²) in [5.74, 6) is 0. The summed E-state index contributed by atoms with van der Waals surface area (Å²) >= 11 is 0. The van der Waals surface area contributed by atoms with Crippen molar-refractivity contribution in [3.8, 4) is 0 Å². The molecule has 1 saturated heterocycles. The van der Waals surface area contributed by atoms with E-state index in [2.05, 4.69) is 4.98 Å². The van der Waals surface area contributed by atoms with Crippen molar-refractivity contribution in [1.82, 2.24) is 9.97 Å². The molecule has 0 saturated carbocycles. The number of aromatic nitrogens is 2. The molecule has 0 aliphatic carbocycles. The molecule has 2 heterocycles. The lowest BCUT2D eigenvalue weighted by atomic mass is 10.0. The first-order valence-electron chi connectivity index (χ1n) is 4.99. The van der Waals surface area contributed by atoms with Crippen LogP contribution in [0.1, 0.15) is 11.7 Å². The number of hydrogen-bond acceptors (Lipinski definition) is 6. The van der Waals surface area contributed by atoms with E-state index in [1.807, 2.05) is 4.98 Å². The fraction of sp³-hybridized carbons (Fsp3) is 0.556. The van der Waals surface area contributed by atoms with Crippen molar-refractivity contribution in [2.24, 2.45) is 0 Å². The molecule has 8 heteroatoms. The van der Waals surface area contributed by atoms with Crippen molar-refractivity contribution in [2.45, 2.75) is 24.4 Å². The molecular weight excluding hydrogens is 232 g/mol. The van der Waals surface area contributed by atoms with E-state index >= 15 is 0 Å². The highest BCUT2D eigenvalue weighted by Gasteiger charge is 2.44. The van der Waals surface area contributed by atoms with Crippen molar-refractivity contribution in [2.75, 3.05) is 6.61 Å². The van der Waals surface area contributed by atoms with Gasteiger partial charge < -0.3 is 25.0 Å². The number of aromatic amines is 2. The van der Waals surface area contributed by atoms with Gasteiger partial charge in [-0.2, -0.15) is 0 Å². The molecule has 1 aliphatic rings. The van der Waals surface area contributed by atoms with Gasteiger partial charge in [-0.3, -0.25) is 9.78 Å². The Hall–Kier alpha value is -1.48. The topological polar surface area (TPSA) is 136 Å². The minimum Gasteiger partial charge on any atom is -0.394 e. The highest BCUT2D eigenvalue weighted by molar-refractivity contribution is 5.13. The molecule has 8 nitrogen and oxygen atoms in total. The molecule has 0 bridgehead atoms. The molecule has 0 spiro atoms. The van der Waals surface area contributed by atoms with Gasteiger partial charge in [-0.1, -0.05) is 0 Å². The van der Waals surface area contributed by atoms with Crippen LogP contribution in [-0.2, 0) is 4.74 Å². The van der Waals surface area contributed by atoms with E-state index in [1.54, 1.807) is 0 Å². The molecule has 1 unspecified atom stereocenters. The fourth-order valence-corrected chi connectivity index (χ4v) is 1.79. The van der Waals surface area contributed by atoms with Gasteiger partial charge in [0.15, 0.2) is 0 Å². The van der Waals surface area contributed by atoms with E-state index in [0.717, 1.165) is 6.20 Å². The van der Waals surface area contributed by atoms with Gasteiger partial charge in [-0.15, -0.1) is 0 Å². The van der Waals surface area contributed by atoms with E-state index in [4.69, 9.17) is 9.84 Å². The summed E-state index contributed by atoms with van der Waals surface area (Å²) in [7, 11) is 0. The van der Waals surface area contributed by atoms with Gasteiger partial charge in [0.25, 0.3) is 5.56 Å². The number of ether oxygens (including phenoxy) is 1. The number of rotatable bonds is 2. The molecule has 1 fully saturated rings. The Morgan fingerprint density at radius 2 is 2.00 bits per heavy atom. The average molecular weight is 244 g/mol. The average Bonchev–Trinajstić information content (AvgIpc) is 2.57. The highest BCUT2D eigenvalue weighted by Crippen LogP contribution is 2.31. The lowest BCUT2D eigenvalue weighted by molar-refractivity contribution is -0.0232. The van der Waals surface area contributed by atoms with Crippen LogP contribution >= 0.6 is 0 Å². The van der Waals surface area contributed by atoms with Crippen LogP contribution in [0.15, 0.2) is 15.8 Å². The van der Waals surface area contributed by atoms with Crippen LogP contribution in [-0.4, -0.2) is 50.2 Å². The SMILES string of the molecule is O=c1[nH]cc([C@@H]2O[C@H](CO)C(O)[C@@H]2O)c(=O)[nH]1. The number of aliphatic hydroxyl groups is 3. The number of nitrogens with one attached hydrogen (secondary N) is 2. The van der Waals surface area contributed by atoms with Crippen LogP contribution in [0.3, 0.4) is 0 Å². The van der Waals surface area contributed by atoms with Gasteiger partial charge in [0.2, 0.25) is 0 Å². The number of aliphatic hydroxyl groups excluding tert-OH is 3. The molecule has 4 atom stereocenters. The van der Waals surface area contributed by atoms with Crippen LogP contribution in [0.25, 0.3) is 0 Å². The Bertz CT molecular complexity index is 509. The van der Waals surface area contributed by atoms with E-state index in [1.165, 1.54) is 0 Å². The highest BCUT2D eigenvalue weighted by atomic mass is 16.6. The molecule has 0 radical (unpaired) electrons. The minimum absolute atomic E-state index is 0.00731. The molecule has 1 aromatic heterocycles. The molecule has 0 aromatic carbocycles. The smallest absolute Gasteiger partial charge is 0.325 e. The maximum Gasteiger partial charge on any atom is 0.325 e. The predicted molar refractivity (Wildman–Crippen MR) is 54.4 cm³/mol. The van der Waals surface area contributed by atoms with Crippen molar-refractivity contribution in [3.63, 3.8) is 0 Å². The van der Waals surface area contributed by atoms with Crippen LogP contribution in [0.5, 0.6) is 0 Å². The zero-order valence-electron chi connectivity index (χ0n) is 8.66. The quantitative estimate of drug-likeness (QED) is 0.382. The van der Waals surface area contributed by atoms with Gasteiger partial charge in [-0.05, 0) is 0 Å². The largest absolute Gasteiger partial charge is 0.394 e. The molecular formula is C9H12N2O6. The van der Waals surface area contributed by atoms with Gasteiger partial charge in [0, 0.05) is 6.20 Å². The summed E-state index contributed by atoms with van der Waals surface area (Å²) < 4.78 is 5.15. The zero-order valence-corrected chi connectivity index (χ0v) is 8.66. The summed E-state index contributed by atoms with van der Waals surface area (Å²) in [6, 6.07) is 0. The molecule has 17 heavy (non-hydrogen) atoms. The summed E-state index contributed by atoms with van der Waals surface area (Å²) in [6.07, 6.45) is -3.54. The third kappa shape index (κ3) is 2.03. The lowest BCUT2D eigenvalue weighted by Crippen LogP contribution is -2.34. The number of H-pyrrole nitrogens is 2. The maximum atomic E-state index is 11.5. The van der Waals surface area contributed by atoms with Crippen molar-refractivity contribution < 1.29 is 20.1 Å². The Kier molecular flexibility index (Phi) is 3.11. The Balaban J connectivity index is 2.35. The molecule has 1 aromatic rings. The first-order chi connectivity index (χ1) is 8.04. The summed E-state index contributed by atoms with van der Waals surface area (Å²) in [5.41, 5.74) is -1.39. The van der Waals surface area contributed by atoms with E-state index < -0.39 is 42.3 Å². The first-order valence-corrected chi connectivity index (χ1v) is 4.99. The van der Waals surface area contributed by atoms with Gasteiger partial charge >= 0.3 is 5.69 Å². The third-order valence-corrected chi connectivity index (χ3v) is 2.70. The molecule has 5 N–H and O–H groups in total. The second-order valence-electron chi connectivity index (χ2n) is 3.79. The second-order valence-corrected chi connectivity index (χ2v) is 3.79. The number of hydrogen-bond donors (Lipinski definition) is 5. The minimum atomic E-state index is -1.33. The molecule has 94 valence electrons. The zero-order chi connectivity index (χ0) is 12.6. The van der Waals surface area contributed by atoms with Crippen LogP contribution in [0, 0.1) is 0 Å². The molecule has 2 rings (SSSR count). The Labute approximate surface area is 94.5 Å². The van der Waals surface area contributed by atoms with E-state index in [0.29, 0.717) is 0 Å². The van der Waals surface area contributed by atoms with Crippen LogP contribution in [0.4, 0.5) is 0 Å². The Morgan fingerprint density at radius 3 is 2.53 bits per heavy atom. The van der Waals surface area contributed by atoms with Crippen molar-refractivity contribution >= 4 is 0 Å². The van der Waals surface area contributed by atoms with Gasteiger partial charge in [-0.25, -0.2) is 4.79 Å². The standard InChI is InChI=1S/C9H12N2O6/c12-2-4-5(13)6(14)7(17-4)3-1-10-9(16)11-8(3)15/h1,4-7,12-14H,2H2,(H2,10,11,15,16)/t4-,5?,6+,7+/m1/s1. The lowest BCUT2D eigenvalue weighted by Gasteiger charge is -2.13. The van der Waals surface area contributed by atoms with E-state index in [9.17, 15) is 19.8 Å².